The van der Waals surface area contributed by atoms with E-state index in [9.17, 15) is 10.1 Å². The molecule has 0 aromatic carbocycles. The lowest BCUT2D eigenvalue weighted by Gasteiger charge is -2.28. The van der Waals surface area contributed by atoms with E-state index < -0.39 is 5.54 Å². The Balaban J connectivity index is 2.52. The van der Waals surface area contributed by atoms with Crippen LogP contribution in [-0.4, -0.2) is 29.9 Å². The number of carbonyl (C=O) groups is 1. The number of thiophene rings is 1. The first-order valence-electron chi connectivity index (χ1n) is 6.42. The number of carbonyl (C=O) groups excluding carboxylic acids is 1. The van der Waals surface area contributed by atoms with Gasteiger partial charge in [-0.3, -0.25) is 9.69 Å². The van der Waals surface area contributed by atoms with Gasteiger partial charge in [0, 0.05) is 11.4 Å². The average Bonchev–Trinajstić information content (AvgIpc) is 2.73. The van der Waals surface area contributed by atoms with Crippen molar-refractivity contribution in [2.45, 2.75) is 32.9 Å². The normalized spacial score (nSPS) is 14.1. The summed E-state index contributed by atoms with van der Waals surface area (Å²) in [5.41, 5.74) is -0.829. The van der Waals surface area contributed by atoms with Crippen LogP contribution in [0.4, 0.5) is 0 Å². The fourth-order valence-corrected chi connectivity index (χ4v) is 2.80. The fraction of sp³-hybridized carbons (Fsp3) is 0.571. The molecule has 4 nitrogen and oxygen atoms in total. The topological polar surface area (TPSA) is 56.1 Å². The van der Waals surface area contributed by atoms with Crippen LogP contribution in [0.3, 0.4) is 0 Å². The Morgan fingerprint density at radius 3 is 2.70 bits per heavy atom. The minimum absolute atomic E-state index is 0.0536. The van der Waals surface area contributed by atoms with E-state index in [1.807, 2.05) is 37.9 Å². The maximum atomic E-state index is 12.0. The van der Waals surface area contributed by atoms with Crippen molar-refractivity contribution in [2.75, 3.05) is 13.6 Å². The number of amides is 1. The van der Waals surface area contributed by atoms with E-state index >= 15 is 0 Å². The maximum absolute atomic E-state index is 12.0. The second-order valence-corrected chi connectivity index (χ2v) is 7.19. The van der Waals surface area contributed by atoms with Crippen molar-refractivity contribution in [2.24, 2.45) is 5.92 Å². The first kappa shape index (κ1) is 17.0. The van der Waals surface area contributed by atoms with Gasteiger partial charge in [0.15, 0.2) is 0 Å². The molecule has 0 aliphatic carbocycles. The van der Waals surface area contributed by atoms with Gasteiger partial charge in [-0.1, -0.05) is 25.4 Å². The summed E-state index contributed by atoms with van der Waals surface area (Å²) in [5.74, 6) is -0.0919. The Morgan fingerprint density at radius 1 is 1.60 bits per heavy atom. The van der Waals surface area contributed by atoms with E-state index in [-0.39, 0.29) is 18.4 Å². The Bertz CT molecular complexity index is 509. The molecule has 1 aromatic rings. The lowest BCUT2D eigenvalue weighted by molar-refractivity contribution is -0.123. The Labute approximate surface area is 129 Å². The summed E-state index contributed by atoms with van der Waals surface area (Å²) >= 11 is 7.38. The van der Waals surface area contributed by atoms with Gasteiger partial charge in [-0.15, -0.1) is 11.3 Å². The number of hydrogen-bond donors (Lipinski definition) is 1. The summed E-state index contributed by atoms with van der Waals surface area (Å²) in [5, 5.41) is 12.0. The van der Waals surface area contributed by atoms with Gasteiger partial charge in [0.05, 0.1) is 17.0 Å². The second-order valence-electron chi connectivity index (χ2n) is 5.40. The van der Waals surface area contributed by atoms with Gasteiger partial charge < -0.3 is 5.32 Å². The van der Waals surface area contributed by atoms with Gasteiger partial charge in [0.25, 0.3) is 0 Å². The molecule has 0 aliphatic rings. The molecule has 1 atom stereocenters. The fourth-order valence-electron chi connectivity index (χ4n) is 1.63. The smallest absolute Gasteiger partial charge is 0.235 e. The van der Waals surface area contributed by atoms with Crippen molar-refractivity contribution >= 4 is 28.8 Å². The van der Waals surface area contributed by atoms with Crippen LogP contribution in [0, 0.1) is 17.2 Å². The molecule has 0 saturated carbocycles. The van der Waals surface area contributed by atoms with E-state index in [1.165, 1.54) is 11.3 Å². The standard InChI is InChI=1S/C14H20ClN3OS/c1-10(2)14(3,9-16)17-13(19)8-18(4)7-11-5-6-12(15)20-11/h5-6,10H,7-8H2,1-4H3,(H,17,19)/t14-/m1/s1. The molecule has 1 N–H and O–H groups in total. The maximum Gasteiger partial charge on any atom is 0.235 e. The molecular weight excluding hydrogens is 294 g/mol. The zero-order valence-corrected chi connectivity index (χ0v) is 13.8. The monoisotopic (exact) mass is 313 g/mol. The van der Waals surface area contributed by atoms with Crippen LogP contribution >= 0.6 is 22.9 Å². The molecule has 0 fully saturated rings. The quantitative estimate of drug-likeness (QED) is 0.878. The van der Waals surface area contributed by atoms with Crippen molar-refractivity contribution in [3.63, 3.8) is 0 Å². The van der Waals surface area contributed by atoms with Crippen molar-refractivity contribution in [1.82, 2.24) is 10.2 Å². The number of rotatable bonds is 6. The summed E-state index contributed by atoms with van der Waals surface area (Å²) in [6.45, 7) is 6.49. The molecular formula is C14H20ClN3OS. The molecule has 1 aromatic heterocycles. The summed E-state index contributed by atoms with van der Waals surface area (Å²) in [6, 6.07) is 5.97. The van der Waals surface area contributed by atoms with Crippen LogP contribution < -0.4 is 5.32 Å². The second kappa shape index (κ2) is 7.07. The van der Waals surface area contributed by atoms with E-state index in [2.05, 4.69) is 11.4 Å². The van der Waals surface area contributed by atoms with Gasteiger partial charge in [0.1, 0.15) is 5.54 Å². The van der Waals surface area contributed by atoms with Crippen LogP contribution in [-0.2, 0) is 11.3 Å². The predicted octanol–water partition coefficient (Wildman–Crippen LogP) is 2.89. The number of nitrogens with zero attached hydrogens (tertiary/aromatic N) is 2. The highest BCUT2D eigenvalue weighted by Gasteiger charge is 2.30. The first-order chi connectivity index (χ1) is 9.26. The molecule has 0 saturated heterocycles. The van der Waals surface area contributed by atoms with Crippen molar-refractivity contribution < 1.29 is 4.79 Å². The molecule has 0 unspecified atom stereocenters. The zero-order valence-electron chi connectivity index (χ0n) is 12.2. The summed E-state index contributed by atoms with van der Waals surface area (Å²) < 4.78 is 0.745. The van der Waals surface area contributed by atoms with Gasteiger partial charge in [-0.2, -0.15) is 5.26 Å². The molecule has 20 heavy (non-hydrogen) atoms. The predicted molar refractivity (Wildman–Crippen MR) is 82.7 cm³/mol. The highest BCUT2D eigenvalue weighted by atomic mass is 35.5. The molecule has 1 rings (SSSR count). The third kappa shape index (κ3) is 4.78. The summed E-state index contributed by atoms with van der Waals surface area (Å²) in [7, 11) is 1.87. The van der Waals surface area contributed by atoms with E-state index in [0.29, 0.717) is 6.54 Å². The molecule has 110 valence electrons. The van der Waals surface area contributed by atoms with E-state index in [4.69, 9.17) is 11.6 Å². The number of nitriles is 1. The number of halogens is 1. The van der Waals surface area contributed by atoms with Gasteiger partial charge >= 0.3 is 0 Å². The minimum atomic E-state index is -0.829. The van der Waals surface area contributed by atoms with Gasteiger partial charge in [0.2, 0.25) is 5.91 Å². The molecule has 6 heteroatoms. The zero-order chi connectivity index (χ0) is 15.3. The Kier molecular flexibility index (Phi) is 6.00. The Morgan fingerprint density at radius 2 is 2.25 bits per heavy atom. The Hall–Kier alpha value is -1.09. The van der Waals surface area contributed by atoms with Crippen LogP contribution in [0.25, 0.3) is 0 Å². The van der Waals surface area contributed by atoms with Crippen molar-refractivity contribution in [1.29, 1.82) is 5.26 Å². The van der Waals surface area contributed by atoms with Crippen LogP contribution in [0.5, 0.6) is 0 Å². The lowest BCUT2D eigenvalue weighted by atomic mass is 9.90. The van der Waals surface area contributed by atoms with Gasteiger partial charge in [-0.25, -0.2) is 0 Å². The molecule has 1 amide bonds. The largest absolute Gasteiger partial charge is 0.337 e. The summed E-state index contributed by atoms with van der Waals surface area (Å²) in [6.07, 6.45) is 0. The van der Waals surface area contributed by atoms with Crippen molar-refractivity contribution in [3.05, 3.63) is 21.3 Å². The number of likely N-dealkylation sites (N-methyl/N-ethyl adjacent to an activating group) is 1. The highest BCUT2D eigenvalue weighted by Crippen LogP contribution is 2.22. The highest BCUT2D eigenvalue weighted by molar-refractivity contribution is 7.16. The third-order valence-electron chi connectivity index (χ3n) is 3.25. The van der Waals surface area contributed by atoms with E-state index in [1.54, 1.807) is 6.92 Å². The average molecular weight is 314 g/mol. The molecule has 0 aliphatic heterocycles. The van der Waals surface area contributed by atoms with Crippen LogP contribution in [0.2, 0.25) is 4.34 Å². The minimum Gasteiger partial charge on any atom is -0.337 e. The molecule has 0 bridgehead atoms. The first-order valence-corrected chi connectivity index (χ1v) is 7.61. The summed E-state index contributed by atoms with van der Waals surface area (Å²) in [4.78, 5) is 15.0. The number of hydrogen-bond acceptors (Lipinski definition) is 4. The molecule has 0 radical (unpaired) electrons. The lowest BCUT2D eigenvalue weighted by Crippen LogP contribution is -2.51. The van der Waals surface area contributed by atoms with Gasteiger partial charge in [-0.05, 0) is 32.0 Å². The van der Waals surface area contributed by atoms with Crippen LogP contribution in [0.1, 0.15) is 25.6 Å². The number of nitrogens with one attached hydrogen (secondary N) is 1. The SMILES string of the molecule is CC(C)[C@@](C)(C#N)NC(=O)CN(C)Cc1ccc(Cl)s1. The third-order valence-corrected chi connectivity index (χ3v) is 4.47. The van der Waals surface area contributed by atoms with Crippen molar-refractivity contribution in [3.8, 4) is 6.07 Å². The van der Waals surface area contributed by atoms with Crippen LogP contribution in [0.15, 0.2) is 12.1 Å². The van der Waals surface area contributed by atoms with E-state index in [0.717, 1.165) is 9.21 Å². The molecule has 0 spiro atoms. The molecule has 1 heterocycles.